The smallest absolute Gasteiger partial charge is 0.374 e. The third kappa shape index (κ3) is 8.78. The highest BCUT2D eigenvalue weighted by Gasteiger charge is 2.33. The molecule has 0 aliphatic carbocycles. The van der Waals surface area contributed by atoms with Gasteiger partial charge in [-0.1, -0.05) is 13.8 Å². The third-order valence-electron chi connectivity index (χ3n) is 3.90. The maximum Gasteiger partial charge on any atom is 0.434 e. The number of halogens is 4. The Kier molecular flexibility index (Phi) is 11.0. The van der Waals surface area contributed by atoms with E-state index in [0.717, 1.165) is 36.4 Å². The van der Waals surface area contributed by atoms with Crippen molar-refractivity contribution in [2.75, 3.05) is 39.3 Å². The van der Waals surface area contributed by atoms with Crippen molar-refractivity contribution in [2.24, 2.45) is 10.9 Å². The average molecular weight is 535 g/mol. The number of nitrogens with one attached hydrogen (secondary N) is 2. The SMILES string of the molecule is CCNC(=NCc1nc(C(F)(F)F)cs1)NCC1CN(CC(C)C)CCO1.I. The van der Waals surface area contributed by atoms with Crippen molar-refractivity contribution in [1.29, 1.82) is 0 Å². The van der Waals surface area contributed by atoms with Gasteiger partial charge in [0.25, 0.3) is 0 Å². The summed E-state index contributed by atoms with van der Waals surface area (Å²) >= 11 is 0.963. The normalized spacial score (nSPS) is 18.8. The van der Waals surface area contributed by atoms with E-state index in [-0.39, 0.29) is 36.6 Å². The van der Waals surface area contributed by atoms with Gasteiger partial charge in [-0.3, -0.25) is 4.90 Å². The Morgan fingerprint density at radius 2 is 2.18 bits per heavy atom. The molecule has 0 spiro atoms. The Labute approximate surface area is 185 Å². The number of hydrogen-bond donors (Lipinski definition) is 2. The minimum Gasteiger partial charge on any atom is -0.374 e. The largest absolute Gasteiger partial charge is 0.434 e. The van der Waals surface area contributed by atoms with Crippen LogP contribution in [0.15, 0.2) is 10.4 Å². The fraction of sp³-hybridized carbons (Fsp3) is 0.765. The van der Waals surface area contributed by atoms with Crippen LogP contribution in [0.25, 0.3) is 0 Å². The van der Waals surface area contributed by atoms with Gasteiger partial charge in [0.15, 0.2) is 11.7 Å². The number of rotatable bonds is 7. The van der Waals surface area contributed by atoms with Gasteiger partial charge in [0.05, 0.1) is 19.3 Å². The predicted molar refractivity (Wildman–Crippen MR) is 116 cm³/mol. The Morgan fingerprint density at radius 1 is 1.43 bits per heavy atom. The van der Waals surface area contributed by atoms with Gasteiger partial charge >= 0.3 is 6.18 Å². The molecule has 2 rings (SSSR count). The number of guanidine groups is 1. The second-order valence-corrected chi connectivity index (χ2v) is 7.79. The summed E-state index contributed by atoms with van der Waals surface area (Å²) in [4.78, 5) is 10.3. The zero-order valence-corrected chi connectivity index (χ0v) is 19.5. The zero-order valence-electron chi connectivity index (χ0n) is 16.4. The van der Waals surface area contributed by atoms with Gasteiger partial charge in [-0.15, -0.1) is 35.3 Å². The van der Waals surface area contributed by atoms with Crippen LogP contribution in [-0.2, 0) is 17.5 Å². The molecule has 162 valence electrons. The number of ether oxygens (including phenoxy) is 1. The van der Waals surface area contributed by atoms with Crippen LogP contribution in [0.5, 0.6) is 0 Å². The fourth-order valence-electron chi connectivity index (χ4n) is 2.80. The lowest BCUT2D eigenvalue weighted by Gasteiger charge is -2.34. The number of nitrogens with zero attached hydrogens (tertiary/aromatic N) is 3. The molecule has 1 fully saturated rings. The Morgan fingerprint density at radius 3 is 2.79 bits per heavy atom. The van der Waals surface area contributed by atoms with Crippen LogP contribution < -0.4 is 10.6 Å². The van der Waals surface area contributed by atoms with Crippen molar-refractivity contribution in [3.63, 3.8) is 0 Å². The van der Waals surface area contributed by atoms with Crippen LogP contribution in [0, 0.1) is 5.92 Å². The molecule has 0 saturated carbocycles. The zero-order chi connectivity index (χ0) is 19.9. The molecule has 1 aliphatic rings. The van der Waals surface area contributed by atoms with Crippen molar-refractivity contribution in [3.05, 3.63) is 16.1 Å². The maximum atomic E-state index is 12.6. The predicted octanol–water partition coefficient (Wildman–Crippen LogP) is 3.19. The topological polar surface area (TPSA) is 61.8 Å². The van der Waals surface area contributed by atoms with Crippen LogP contribution in [0.2, 0.25) is 0 Å². The highest BCUT2D eigenvalue weighted by Crippen LogP contribution is 2.30. The molecule has 0 radical (unpaired) electrons. The molecule has 28 heavy (non-hydrogen) atoms. The van der Waals surface area contributed by atoms with Crippen molar-refractivity contribution in [3.8, 4) is 0 Å². The number of alkyl halides is 3. The molecule has 0 amide bonds. The van der Waals surface area contributed by atoms with Gasteiger partial charge in [-0.25, -0.2) is 9.98 Å². The molecule has 1 atom stereocenters. The lowest BCUT2D eigenvalue weighted by molar-refractivity contribution is -0.140. The number of aromatic nitrogens is 1. The average Bonchev–Trinajstić information content (AvgIpc) is 3.06. The molecule has 1 unspecified atom stereocenters. The first-order valence-corrected chi connectivity index (χ1v) is 10.0. The summed E-state index contributed by atoms with van der Waals surface area (Å²) in [5, 5.41) is 7.66. The number of morpholine rings is 1. The van der Waals surface area contributed by atoms with Gasteiger partial charge < -0.3 is 15.4 Å². The summed E-state index contributed by atoms with van der Waals surface area (Å²) in [6.07, 6.45) is -4.36. The summed E-state index contributed by atoms with van der Waals surface area (Å²) in [6.45, 7) is 11.2. The Hall–Kier alpha value is -0.660. The van der Waals surface area contributed by atoms with Crippen LogP contribution in [0.4, 0.5) is 13.2 Å². The summed E-state index contributed by atoms with van der Waals surface area (Å²) in [6, 6.07) is 0. The molecule has 0 bridgehead atoms. The molecule has 6 nitrogen and oxygen atoms in total. The summed E-state index contributed by atoms with van der Waals surface area (Å²) < 4.78 is 43.7. The van der Waals surface area contributed by atoms with Crippen LogP contribution in [-0.4, -0.2) is 61.3 Å². The van der Waals surface area contributed by atoms with E-state index < -0.39 is 11.9 Å². The molecule has 1 aromatic rings. The van der Waals surface area contributed by atoms with Crippen molar-refractivity contribution < 1.29 is 17.9 Å². The number of aliphatic imine (C=N–C) groups is 1. The second-order valence-electron chi connectivity index (χ2n) is 6.85. The van der Waals surface area contributed by atoms with E-state index in [9.17, 15) is 13.2 Å². The first kappa shape index (κ1) is 25.4. The monoisotopic (exact) mass is 535 g/mol. The van der Waals surface area contributed by atoms with Gasteiger partial charge in [0, 0.05) is 38.1 Å². The molecule has 2 heterocycles. The van der Waals surface area contributed by atoms with Gasteiger partial charge in [-0.05, 0) is 12.8 Å². The van der Waals surface area contributed by atoms with E-state index in [1.165, 1.54) is 0 Å². The summed E-state index contributed by atoms with van der Waals surface area (Å²) in [5.74, 6) is 1.15. The lowest BCUT2D eigenvalue weighted by atomic mass is 10.2. The van der Waals surface area contributed by atoms with E-state index in [0.29, 0.717) is 36.6 Å². The molecule has 1 aromatic heterocycles. The highest BCUT2D eigenvalue weighted by atomic mass is 127. The van der Waals surface area contributed by atoms with Gasteiger partial charge in [-0.2, -0.15) is 13.2 Å². The van der Waals surface area contributed by atoms with Crippen molar-refractivity contribution >= 4 is 41.3 Å². The Bertz CT molecular complexity index is 612. The minimum absolute atomic E-state index is 0. The van der Waals surface area contributed by atoms with E-state index >= 15 is 0 Å². The van der Waals surface area contributed by atoms with E-state index in [4.69, 9.17) is 4.74 Å². The van der Waals surface area contributed by atoms with Crippen molar-refractivity contribution in [1.82, 2.24) is 20.5 Å². The van der Waals surface area contributed by atoms with Crippen LogP contribution >= 0.6 is 35.3 Å². The second kappa shape index (κ2) is 12.1. The van der Waals surface area contributed by atoms with E-state index in [2.05, 4.69) is 39.4 Å². The molecule has 1 aliphatic heterocycles. The maximum absolute atomic E-state index is 12.6. The summed E-state index contributed by atoms with van der Waals surface area (Å²) in [7, 11) is 0. The first-order valence-electron chi connectivity index (χ1n) is 9.15. The molecular weight excluding hydrogens is 506 g/mol. The van der Waals surface area contributed by atoms with E-state index in [1.54, 1.807) is 0 Å². The molecular formula is C17H29F3IN5OS. The number of thiazole rings is 1. The minimum atomic E-state index is -4.42. The quantitative estimate of drug-likeness (QED) is 0.319. The molecule has 2 N–H and O–H groups in total. The van der Waals surface area contributed by atoms with Crippen LogP contribution in [0.1, 0.15) is 31.5 Å². The van der Waals surface area contributed by atoms with Crippen LogP contribution in [0.3, 0.4) is 0 Å². The standard InChI is InChI=1S/C17H28F3N5OS.HI/c1-4-21-16(23-8-15-24-14(11-27-15)17(18,19)20)22-7-13-10-25(5-6-26-13)9-12(2)3;/h11-13H,4-10H2,1-3H3,(H2,21,22,23);1H. The van der Waals surface area contributed by atoms with Gasteiger partial charge in [0.1, 0.15) is 5.01 Å². The first-order chi connectivity index (χ1) is 12.8. The molecule has 0 aromatic carbocycles. The fourth-order valence-corrected chi connectivity index (χ4v) is 3.52. The molecule has 1 saturated heterocycles. The Balaban J connectivity index is 0.00000392. The summed E-state index contributed by atoms with van der Waals surface area (Å²) in [5.41, 5.74) is -0.864. The molecule has 11 heteroatoms. The van der Waals surface area contributed by atoms with Gasteiger partial charge in [0.2, 0.25) is 0 Å². The number of hydrogen-bond acceptors (Lipinski definition) is 5. The van der Waals surface area contributed by atoms with Crippen molar-refractivity contribution in [2.45, 2.75) is 39.6 Å². The van der Waals surface area contributed by atoms with E-state index in [1.807, 2.05) is 6.92 Å². The highest BCUT2D eigenvalue weighted by molar-refractivity contribution is 14.0. The third-order valence-corrected chi connectivity index (χ3v) is 4.74. The lowest BCUT2D eigenvalue weighted by Crippen LogP contribution is -2.50.